The number of hydrogen-bond donors (Lipinski definition) is 0. The summed E-state index contributed by atoms with van der Waals surface area (Å²) in [5.74, 6) is 1.67. The number of aryl methyl sites for hydroxylation is 2. The predicted octanol–water partition coefficient (Wildman–Crippen LogP) is 3.05. The second-order valence-corrected chi connectivity index (χ2v) is 6.97. The lowest BCUT2D eigenvalue weighted by Gasteiger charge is -2.35. The maximum Gasteiger partial charge on any atom is 0.227 e. The molecule has 1 amide bonds. The van der Waals surface area contributed by atoms with Gasteiger partial charge in [-0.3, -0.25) is 4.79 Å². The molecule has 0 N–H and O–H groups in total. The fraction of sp³-hybridized carbons (Fsp3) is 0.500. The number of hydrogen-bond acceptors (Lipinski definition) is 5. The van der Waals surface area contributed by atoms with Crippen LogP contribution in [0.3, 0.4) is 0 Å². The highest BCUT2D eigenvalue weighted by Crippen LogP contribution is 2.19. The average molecular weight is 358 g/mol. The highest BCUT2D eigenvalue weighted by molar-refractivity contribution is 5.79. The number of carbonyl (C=O) groups excluding carboxylic acids is 1. The molecule has 140 valence electrons. The Labute approximate surface area is 154 Å². The Balaban J connectivity index is 1.55. The molecule has 1 aromatic heterocycles. The van der Waals surface area contributed by atoms with E-state index in [0.717, 1.165) is 28.3 Å². The van der Waals surface area contributed by atoms with E-state index in [0.29, 0.717) is 26.1 Å². The number of carbonyl (C=O) groups is 1. The van der Waals surface area contributed by atoms with Gasteiger partial charge in [0.15, 0.2) is 0 Å². The van der Waals surface area contributed by atoms with Gasteiger partial charge in [-0.15, -0.1) is 0 Å². The van der Waals surface area contributed by atoms with Crippen molar-refractivity contribution in [3.63, 3.8) is 0 Å². The molecular weight excluding hydrogens is 332 g/mol. The van der Waals surface area contributed by atoms with E-state index in [4.69, 9.17) is 14.0 Å². The second-order valence-electron chi connectivity index (χ2n) is 6.97. The van der Waals surface area contributed by atoms with Crippen molar-refractivity contribution < 1.29 is 18.8 Å². The normalized spacial score (nSPS) is 20.2. The van der Waals surface area contributed by atoms with Gasteiger partial charge in [0, 0.05) is 13.1 Å². The zero-order chi connectivity index (χ0) is 18.7. The Morgan fingerprint density at radius 1 is 1.19 bits per heavy atom. The van der Waals surface area contributed by atoms with Crippen LogP contribution >= 0.6 is 0 Å². The molecule has 0 saturated carbocycles. The van der Waals surface area contributed by atoms with Gasteiger partial charge in [-0.2, -0.15) is 0 Å². The summed E-state index contributed by atoms with van der Waals surface area (Å²) in [6.07, 6.45) is 0.564. The summed E-state index contributed by atoms with van der Waals surface area (Å²) in [6, 6.07) is 7.67. The van der Waals surface area contributed by atoms with Crippen LogP contribution in [0, 0.1) is 13.8 Å². The van der Waals surface area contributed by atoms with E-state index >= 15 is 0 Å². The van der Waals surface area contributed by atoms with Crippen molar-refractivity contribution >= 4 is 5.91 Å². The van der Waals surface area contributed by atoms with Crippen LogP contribution in [0.15, 0.2) is 28.8 Å². The number of morpholine rings is 1. The van der Waals surface area contributed by atoms with Crippen molar-refractivity contribution in [1.29, 1.82) is 0 Å². The molecule has 1 aliphatic heterocycles. The zero-order valence-electron chi connectivity index (χ0n) is 15.8. The van der Waals surface area contributed by atoms with Crippen LogP contribution in [0.4, 0.5) is 0 Å². The van der Waals surface area contributed by atoms with Crippen molar-refractivity contribution in [2.45, 2.75) is 52.9 Å². The Morgan fingerprint density at radius 3 is 2.42 bits per heavy atom. The highest BCUT2D eigenvalue weighted by Gasteiger charge is 2.25. The average Bonchev–Trinajstić information content (AvgIpc) is 2.91. The summed E-state index contributed by atoms with van der Waals surface area (Å²) in [5.41, 5.74) is 2.80. The highest BCUT2D eigenvalue weighted by atomic mass is 16.5. The first-order chi connectivity index (χ1) is 12.4. The fourth-order valence-electron chi connectivity index (χ4n) is 3.23. The first-order valence-electron chi connectivity index (χ1n) is 8.99. The van der Waals surface area contributed by atoms with Gasteiger partial charge in [0.25, 0.3) is 0 Å². The Bertz CT molecular complexity index is 724. The van der Waals surface area contributed by atoms with Gasteiger partial charge in [0.2, 0.25) is 5.91 Å². The number of amides is 1. The van der Waals surface area contributed by atoms with Gasteiger partial charge in [0.05, 0.1) is 29.9 Å². The topological polar surface area (TPSA) is 64.8 Å². The first-order valence-corrected chi connectivity index (χ1v) is 8.99. The maximum atomic E-state index is 12.5. The lowest BCUT2D eigenvalue weighted by Crippen LogP contribution is -2.48. The molecule has 6 nitrogen and oxygen atoms in total. The van der Waals surface area contributed by atoms with Crippen LogP contribution < -0.4 is 4.74 Å². The minimum atomic E-state index is 0.0859. The van der Waals surface area contributed by atoms with E-state index in [9.17, 15) is 4.79 Å². The van der Waals surface area contributed by atoms with E-state index in [-0.39, 0.29) is 18.1 Å². The lowest BCUT2D eigenvalue weighted by atomic mass is 10.1. The summed E-state index contributed by atoms with van der Waals surface area (Å²) in [7, 11) is 0. The van der Waals surface area contributed by atoms with E-state index in [1.54, 1.807) is 0 Å². The second kappa shape index (κ2) is 7.91. The quantitative estimate of drug-likeness (QED) is 0.822. The number of rotatable bonds is 5. The molecule has 0 bridgehead atoms. The molecule has 2 heterocycles. The van der Waals surface area contributed by atoms with Crippen LogP contribution in [0.1, 0.15) is 36.4 Å². The standard InChI is InChI=1S/C20H26N2O4/c1-13-10-22(11-14(2)25-13)20(23)9-17-5-7-18(8-6-17)24-12-19-15(3)21-26-16(19)4/h5-8,13-14H,9-12H2,1-4H3/t13-,14-/m1/s1. The molecule has 1 aliphatic rings. The van der Waals surface area contributed by atoms with Crippen molar-refractivity contribution in [3.8, 4) is 5.75 Å². The van der Waals surface area contributed by atoms with Crippen LogP contribution in [0.25, 0.3) is 0 Å². The zero-order valence-corrected chi connectivity index (χ0v) is 15.8. The van der Waals surface area contributed by atoms with Crippen LogP contribution in [0.5, 0.6) is 5.75 Å². The van der Waals surface area contributed by atoms with Crippen molar-refractivity contribution in [2.75, 3.05) is 13.1 Å². The van der Waals surface area contributed by atoms with Gasteiger partial charge >= 0.3 is 0 Å². The van der Waals surface area contributed by atoms with Gasteiger partial charge in [-0.05, 0) is 45.4 Å². The minimum absolute atomic E-state index is 0.0859. The van der Waals surface area contributed by atoms with Gasteiger partial charge in [0.1, 0.15) is 18.1 Å². The first kappa shape index (κ1) is 18.5. The molecule has 0 unspecified atom stereocenters. The smallest absolute Gasteiger partial charge is 0.227 e. The van der Waals surface area contributed by atoms with Crippen LogP contribution in [-0.4, -0.2) is 41.3 Å². The Kier molecular flexibility index (Phi) is 5.61. The van der Waals surface area contributed by atoms with Crippen LogP contribution in [0.2, 0.25) is 0 Å². The monoisotopic (exact) mass is 358 g/mol. The molecule has 6 heteroatoms. The molecule has 0 aliphatic carbocycles. The summed E-state index contributed by atoms with van der Waals surface area (Å²) in [6.45, 7) is 9.51. The largest absolute Gasteiger partial charge is 0.489 e. The van der Waals surface area contributed by atoms with Crippen molar-refractivity contribution in [2.24, 2.45) is 0 Å². The lowest BCUT2D eigenvalue weighted by molar-refractivity contribution is -0.142. The third kappa shape index (κ3) is 4.43. The summed E-state index contributed by atoms with van der Waals surface area (Å²) in [4.78, 5) is 14.4. The van der Waals surface area contributed by atoms with Crippen LogP contribution in [-0.2, 0) is 22.6 Å². The number of ether oxygens (including phenoxy) is 2. The van der Waals surface area contributed by atoms with Gasteiger partial charge in [-0.1, -0.05) is 17.3 Å². The molecule has 2 atom stereocenters. The Morgan fingerprint density at radius 2 is 1.85 bits per heavy atom. The fourth-order valence-corrected chi connectivity index (χ4v) is 3.23. The van der Waals surface area contributed by atoms with E-state index < -0.39 is 0 Å². The van der Waals surface area contributed by atoms with Gasteiger partial charge < -0.3 is 18.9 Å². The van der Waals surface area contributed by atoms with Gasteiger partial charge in [-0.25, -0.2) is 0 Å². The third-order valence-corrected chi connectivity index (χ3v) is 4.62. The molecule has 26 heavy (non-hydrogen) atoms. The molecule has 2 aromatic rings. The number of nitrogens with zero attached hydrogens (tertiary/aromatic N) is 2. The SMILES string of the molecule is Cc1noc(C)c1COc1ccc(CC(=O)N2C[C@@H](C)O[C@H](C)C2)cc1. The summed E-state index contributed by atoms with van der Waals surface area (Å²) in [5, 5.41) is 3.92. The van der Waals surface area contributed by atoms with E-state index in [1.165, 1.54) is 0 Å². The molecule has 0 spiro atoms. The van der Waals surface area contributed by atoms with E-state index in [2.05, 4.69) is 5.16 Å². The molecule has 1 fully saturated rings. The molecule has 1 saturated heterocycles. The maximum absolute atomic E-state index is 12.5. The van der Waals surface area contributed by atoms with Crippen molar-refractivity contribution in [3.05, 3.63) is 46.8 Å². The molecule has 0 radical (unpaired) electrons. The van der Waals surface area contributed by atoms with Crippen molar-refractivity contribution in [1.82, 2.24) is 10.1 Å². The third-order valence-electron chi connectivity index (χ3n) is 4.62. The molecule has 3 rings (SSSR count). The molecular formula is C20H26N2O4. The molecule has 1 aromatic carbocycles. The Hall–Kier alpha value is -2.34. The number of benzene rings is 1. The number of aromatic nitrogens is 1. The summed E-state index contributed by atoms with van der Waals surface area (Å²) < 4.78 is 16.6. The minimum Gasteiger partial charge on any atom is -0.489 e. The van der Waals surface area contributed by atoms with E-state index in [1.807, 2.05) is 56.9 Å². The summed E-state index contributed by atoms with van der Waals surface area (Å²) >= 11 is 0. The predicted molar refractivity (Wildman–Crippen MR) is 97.0 cm³/mol.